The lowest BCUT2D eigenvalue weighted by Crippen LogP contribution is -2.57. The van der Waals surface area contributed by atoms with Crippen molar-refractivity contribution in [1.29, 1.82) is 0 Å². The van der Waals surface area contributed by atoms with Crippen LogP contribution in [-0.4, -0.2) is 42.3 Å². The van der Waals surface area contributed by atoms with Crippen LogP contribution in [0.3, 0.4) is 0 Å². The molecule has 1 saturated heterocycles. The van der Waals surface area contributed by atoms with E-state index in [0.717, 1.165) is 26.2 Å². The van der Waals surface area contributed by atoms with Gasteiger partial charge in [0.05, 0.1) is 24.4 Å². The number of hydrogen-bond acceptors (Lipinski definition) is 3. The van der Waals surface area contributed by atoms with Crippen molar-refractivity contribution in [2.24, 2.45) is 0 Å². The molecule has 0 radical (unpaired) electrons. The third kappa shape index (κ3) is 4.89. The summed E-state index contributed by atoms with van der Waals surface area (Å²) in [6.45, 7) is 13.0. The van der Waals surface area contributed by atoms with E-state index in [9.17, 15) is 0 Å². The summed E-state index contributed by atoms with van der Waals surface area (Å²) in [6, 6.07) is 10.3. The molecule has 3 nitrogen and oxygen atoms in total. The Morgan fingerprint density at radius 1 is 1.05 bits per heavy atom. The monoisotopic (exact) mass is 277 g/mol. The number of benzene rings is 1. The molecule has 112 valence electrons. The molecule has 1 aliphatic rings. The van der Waals surface area contributed by atoms with E-state index in [0.29, 0.717) is 6.61 Å². The molecule has 0 saturated carbocycles. The summed E-state index contributed by atoms with van der Waals surface area (Å²) in [5.74, 6) is 0. The molecule has 3 heteroatoms. The zero-order valence-electron chi connectivity index (χ0n) is 13.2. The molecule has 0 aromatic heterocycles. The van der Waals surface area contributed by atoms with Gasteiger partial charge in [-0.05, 0) is 33.3 Å². The van der Waals surface area contributed by atoms with Gasteiger partial charge in [-0.15, -0.1) is 0 Å². The Labute approximate surface area is 122 Å². The third-order valence-electron chi connectivity index (χ3n) is 3.42. The first-order valence-corrected chi connectivity index (χ1v) is 7.41. The fourth-order valence-corrected chi connectivity index (χ4v) is 3.06. The van der Waals surface area contributed by atoms with Crippen LogP contribution < -0.4 is 0 Å². The fourth-order valence-electron chi connectivity index (χ4n) is 3.06. The van der Waals surface area contributed by atoms with Crippen LogP contribution in [0.4, 0.5) is 0 Å². The number of ether oxygens (including phenoxy) is 2. The van der Waals surface area contributed by atoms with E-state index < -0.39 is 0 Å². The average molecular weight is 277 g/mol. The Morgan fingerprint density at radius 2 is 1.65 bits per heavy atom. The van der Waals surface area contributed by atoms with Gasteiger partial charge < -0.3 is 9.47 Å². The molecule has 0 atom stereocenters. The smallest absolute Gasteiger partial charge is 0.0760 e. The van der Waals surface area contributed by atoms with E-state index >= 15 is 0 Å². The summed E-state index contributed by atoms with van der Waals surface area (Å²) in [7, 11) is 0. The van der Waals surface area contributed by atoms with Gasteiger partial charge >= 0.3 is 0 Å². The Hall–Kier alpha value is -0.900. The minimum absolute atomic E-state index is 0.0822. The number of rotatable bonds is 5. The van der Waals surface area contributed by atoms with Crippen LogP contribution in [0, 0.1) is 0 Å². The molecule has 1 heterocycles. The minimum Gasteiger partial charge on any atom is -0.375 e. The van der Waals surface area contributed by atoms with E-state index in [1.165, 1.54) is 5.56 Å². The molecule has 1 fully saturated rings. The van der Waals surface area contributed by atoms with Gasteiger partial charge in [0.2, 0.25) is 0 Å². The summed E-state index contributed by atoms with van der Waals surface area (Å²) >= 11 is 0. The molecule has 2 rings (SSSR count). The standard InChI is InChI=1S/C17H27NO2/c1-16(2)13-18(14-17(3,4)20-16)10-11-19-12-15-8-6-5-7-9-15/h5-9H,10-14H2,1-4H3. The largest absolute Gasteiger partial charge is 0.375 e. The predicted octanol–water partition coefficient (Wildman–Crippen LogP) is 3.09. The second-order valence-electron chi connectivity index (χ2n) is 6.87. The Bertz CT molecular complexity index is 398. The Kier molecular flexibility index (Phi) is 4.84. The number of hydrogen-bond donors (Lipinski definition) is 0. The van der Waals surface area contributed by atoms with Gasteiger partial charge in [-0.3, -0.25) is 4.90 Å². The summed E-state index contributed by atoms with van der Waals surface area (Å²) in [4.78, 5) is 2.44. The Balaban J connectivity index is 1.74. The zero-order chi connectivity index (χ0) is 14.6. The molecule has 0 amide bonds. The molecule has 1 aromatic rings. The molecule has 0 N–H and O–H groups in total. The predicted molar refractivity (Wildman–Crippen MR) is 81.8 cm³/mol. The lowest BCUT2D eigenvalue weighted by atomic mass is 9.99. The fraction of sp³-hybridized carbons (Fsp3) is 0.647. The molecule has 0 spiro atoms. The van der Waals surface area contributed by atoms with Crippen molar-refractivity contribution in [3.8, 4) is 0 Å². The van der Waals surface area contributed by atoms with Crippen molar-refractivity contribution in [3.05, 3.63) is 35.9 Å². The van der Waals surface area contributed by atoms with Crippen LogP contribution in [0.1, 0.15) is 33.3 Å². The lowest BCUT2D eigenvalue weighted by Gasteiger charge is -2.47. The molecule has 0 bridgehead atoms. The van der Waals surface area contributed by atoms with Crippen LogP contribution in [0.25, 0.3) is 0 Å². The van der Waals surface area contributed by atoms with Crippen molar-refractivity contribution in [2.75, 3.05) is 26.2 Å². The van der Waals surface area contributed by atoms with Gasteiger partial charge in [0.1, 0.15) is 0 Å². The molecule has 1 aliphatic heterocycles. The number of morpholine rings is 1. The summed E-state index contributed by atoms with van der Waals surface area (Å²) < 4.78 is 11.9. The average Bonchev–Trinajstić information content (AvgIpc) is 2.32. The van der Waals surface area contributed by atoms with Gasteiger partial charge in [-0.25, -0.2) is 0 Å². The quantitative estimate of drug-likeness (QED) is 0.772. The second kappa shape index (κ2) is 6.25. The maximum Gasteiger partial charge on any atom is 0.0760 e. The maximum atomic E-state index is 6.08. The molecule has 0 aliphatic carbocycles. The Morgan fingerprint density at radius 3 is 2.25 bits per heavy atom. The molecular formula is C17H27NO2. The van der Waals surface area contributed by atoms with E-state index in [1.54, 1.807) is 0 Å². The number of nitrogens with zero attached hydrogens (tertiary/aromatic N) is 1. The van der Waals surface area contributed by atoms with Gasteiger partial charge in [-0.1, -0.05) is 30.3 Å². The minimum atomic E-state index is -0.0822. The highest BCUT2D eigenvalue weighted by molar-refractivity contribution is 5.13. The second-order valence-corrected chi connectivity index (χ2v) is 6.87. The maximum absolute atomic E-state index is 6.08. The highest BCUT2D eigenvalue weighted by atomic mass is 16.5. The zero-order valence-corrected chi connectivity index (χ0v) is 13.2. The highest BCUT2D eigenvalue weighted by Crippen LogP contribution is 2.27. The van der Waals surface area contributed by atoms with Crippen LogP contribution in [0.15, 0.2) is 30.3 Å². The molecular weight excluding hydrogens is 250 g/mol. The van der Waals surface area contributed by atoms with Gasteiger partial charge in [0, 0.05) is 19.6 Å². The topological polar surface area (TPSA) is 21.7 Å². The third-order valence-corrected chi connectivity index (χ3v) is 3.42. The summed E-state index contributed by atoms with van der Waals surface area (Å²) in [5, 5.41) is 0. The van der Waals surface area contributed by atoms with Crippen LogP contribution in [-0.2, 0) is 16.1 Å². The first-order valence-electron chi connectivity index (χ1n) is 7.41. The molecule has 1 aromatic carbocycles. The lowest BCUT2D eigenvalue weighted by molar-refractivity contribution is -0.182. The summed E-state index contributed by atoms with van der Waals surface area (Å²) in [6.07, 6.45) is 0. The van der Waals surface area contributed by atoms with Crippen LogP contribution in [0.5, 0.6) is 0 Å². The van der Waals surface area contributed by atoms with Crippen LogP contribution in [0.2, 0.25) is 0 Å². The molecule has 20 heavy (non-hydrogen) atoms. The van der Waals surface area contributed by atoms with E-state index in [-0.39, 0.29) is 11.2 Å². The molecule has 0 unspecified atom stereocenters. The van der Waals surface area contributed by atoms with Crippen molar-refractivity contribution in [2.45, 2.75) is 45.5 Å². The van der Waals surface area contributed by atoms with Gasteiger partial charge in [0.15, 0.2) is 0 Å². The van der Waals surface area contributed by atoms with Gasteiger partial charge in [-0.2, -0.15) is 0 Å². The first-order chi connectivity index (χ1) is 9.36. The van der Waals surface area contributed by atoms with Crippen molar-refractivity contribution < 1.29 is 9.47 Å². The highest BCUT2D eigenvalue weighted by Gasteiger charge is 2.37. The van der Waals surface area contributed by atoms with E-state index in [4.69, 9.17) is 9.47 Å². The van der Waals surface area contributed by atoms with Gasteiger partial charge in [0.25, 0.3) is 0 Å². The van der Waals surface area contributed by atoms with Crippen LogP contribution >= 0.6 is 0 Å². The normalized spacial score (nSPS) is 21.8. The van der Waals surface area contributed by atoms with Crippen molar-refractivity contribution in [1.82, 2.24) is 4.90 Å². The van der Waals surface area contributed by atoms with Crippen molar-refractivity contribution in [3.63, 3.8) is 0 Å². The SMILES string of the molecule is CC1(C)CN(CCOCc2ccccc2)CC(C)(C)O1. The first kappa shape index (κ1) is 15.5. The summed E-state index contributed by atoms with van der Waals surface area (Å²) in [5.41, 5.74) is 1.07. The van der Waals surface area contributed by atoms with E-state index in [2.05, 4.69) is 44.7 Å². The van der Waals surface area contributed by atoms with Crippen molar-refractivity contribution >= 4 is 0 Å². The van der Waals surface area contributed by atoms with E-state index in [1.807, 2.05) is 18.2 Å².